The summed E-state index contributed by atoms with van der Waals surface area (Å²) < 4.78 is 4.58. The van der Waals surface area contributed by atoms with E-state index in [4.69, 9.17) is 0 Å². The molecule has 76 valence electrons. The van der Waals surface area contributed by atoms with Gasteiger partial charge in [-0.3, -0.25) is 0 Å². The second-order valence-corrected chi connectivity index (χ2v) is 4.14. The predicted octanol–water partition coefficient (Wildman–Crippen LogP) is 2.17. The lowest BCUT2D eigenvalue weighted by Crippen LogP contribution is -2.42. The standard InChI is InChI=1S/C10H19NO2/c1-7-4-5-9(8(2)6-7)11-10(12)13-3/h7-9H,4-6H2,1-3H3,(H,11,12). The summed E-state index contributed by atoms with van der Waals surface area (Å²) in [5.41, 5.74) is 0. The van der Waals surface area contributed by atoms with Crippen molar-refractivity contribution >= 4 is 6.09 Å². The van der Waals surface area contributed by atoms with E-state index in [1.807, 2.05) is 0 Å². The van der Waals surface area contributed by atoms with Crippen molar-refractivity contribution in [1.82, 2.24) is 5.32 Å². The normalized spacial score (nSPS) is 33.9. The summed E-state index contributed by atoms with van der Waals surface area (Å²) in [6, 6.07) is 0.309. The fourth-order valence-corrected chi connectivity index (χ4v) is 2.09. The molecule has 3 heteroatoms. The summed E-state index contributed by atoms with van der Waals surface area (Å²) in [6.45, 7) is 4.46. The van der Waals surface area contributed by atoms with Crippen LogP contribution >= 0.6 is 0 Å². The van der Waals surface area contributed by atoms with Gasteiger partial charge >= 0.3 is 6.09 Å². The van der Waals surface area contributed by atoms with Crippen LogP contribution < -0.4 is 5.32 Å². The minimum absolute atomic E-state index is 0.300. The van der Waals surface area contributed by atoms with E-state index in [9.17, 15) is 4.79 Å². The molecule has 0 bridgehead atoms. The largest absolute Gasteiger partial charge is 0.453 e. The molecule has 3 unspecified atom stereocenters. The average molecular weight is 185 g/mol. The summed E-state index contributed by atoms with van der Waals surface area (Å²) in [7, 11) is 1.41. The molecule has 0 spiro atoms. The number of amides is 1. The lowest BCUT2D eigenvalue weighted by molar-refractivity contribution is 0.151. The van der Waals surface area contributed by atoms with Crippen LogP contribution in [0.2, 0.25) is 0 Å². The van der Waals surface area contributed by atoms with Crippen LogP contribution in [0.5, 0.6) is 0 Å². The molecule has 1 aliphatic rings. The highest BCUT2D eigenvalue weighted by Crippen LogP contribution is 2.28. The second-order valence-electron chi connectivity index (χ2n) is 4.14. The van der Waals surface area contributed by atoms with Gasteiger partial charge in [-0.15, -0.1) is 0 Å². The Labute approximate surface area is 79.8 Å². The fraction of sp³-hybridized carbons (Fsp3) is 0.900. The Morgan fingerprint density at radius 3 is 2.62 bits per heavy atom. The molecule has 0 aromatic heterocycles. The van der Waals surface area contributed by atoms with Gasteiger partial charge < -0.3 is 10.1 Å². The van der Waals surface area contributed by atoms with Crippen LogP contribution in [-0.4, -0.2) is 19.2 Å². The molecule has 1 rings (SSSR count). The first-order valence-electron chi connectivity index (χ1n) is 4.98. The maximum absolute atomic E-state index is 11.0. The van der Waals surface area contributed by atoms with Crippen molar-refractivity contribution < 1.29 is 9.53 Å². The molecule has 3 atom stereocenters. The molecule has 0 radical (unpaired) electrons. The van der Waals surface area contributed by atoms with Crippen LogP contribution in [0.1, 0.15) is 33.1 Å². The van der Waals surface area contributed by atoms with Crippen molar-refractivity contribution in [2.24, 2.45) is 11.8 Å². The maximum Gasteiger partial charge on any atom is 0.407 e. The molecule has 0 aromatic rings. The van der Waals surface area contributed by atoms with Crippen molar-refractivity contribution in [2.75, 3.05) is 7.11 Å². The highest BCUT2D eigenvalue weighted by molar-refractivity contribution is 5.67. The first kappa shape index (κ1) is 10.4. The van der Waals surface area contributed by atoms with E-state index in [2.05, 4.69) is 23.9 Å². The van der Waals surface area contributed by atoms with Crippen LogP contribution in [0.4, 0.5) is 4.79 Å². The smallest absolute Gasteiger partial charge is 0.407 e. The van der Waals surface area contributed by atoms with Crippen LogP contribution in [-0.2, 0) is 4.74 Å². The van der Waals surface area contributed by atoms with E-state index in [1.165, 1.54) is 20.0 Å². The number of methoxy groups -OCH3 is 1. The van der Waals surface area contributed by atoms with Crippen molar-refractivity contribution in [3.63, 3.8) is 0 Å². The first-order chi connectivity index (χ1) is 6.13. The number of carbonyl (C=O) groups excluding carboxylic acids is 1. The van der Waals surface area contributed by atoms with Gasteiger partial charge in [-0.1, -0.05) is 13.8 Å². The third-order valence-electron chi connectivity index (χ3n) is 2.92. The highest BCUT2D eigenvalue weighted by Gasteiger charge is 2.26. The molecular weight excluding hydrogens is 166 g/mol. The van der Waals surface area contributed by atoms with Crippen molar-refractivity contribution in [3.8, 4) is 0 Å². The number of hydrogen-bond acceptors (Lipinski definition) is 2. The molecule has 0 saturated heterocycles. The number of carbonyl (C=O) groups is 1. The Bertz CT molecular complexity index is 182. The Kier molecular flexibility index (Phi) is 3.58. The Hall–Kier alpha value is -0.730. The minimum Gasteiger partial charge on any atom is -0.453 e. The summed E-state index contributed by atoms with van der Waals surface area (Å²) in [4.78, 5) is 11.0. The third-order valence-corrected chi connectivity index (χ3v) is 2.92. The van der Waals surface area contributed by atoms with E-state index in [0.29, 0.717) is 12.0 Å². The van der Waals surface area contributed by atoms with Crippen molar-refractivity contribution in [2.45, 2.75) is 39.2 Å². The molecule has 1 fully saturated rings. The molecule has 1 amide bonds. The zero-order valence-electron chi connectivity index (χ0n) is 8.67. The third kappa shape index (κ3) is 2.90. The topological polar surface area (TPSA) is 38.3 Å². The molecule has 3 nitrogen and oxygen atoms in total. The molecule has 0 aromatic carbocycles. The van der Waals surface area contributed by atoms with Gasteiger partial charge in [-0.2, -0.15) is 0 Å². The van der Waals surface area contributed by atoms with E-state index in [-0.39, 0.29) is 6.09 Å². The molecule has 0 heterocycles. The van der Waals surface area contributed by atoms with Gasteiger partial charge in [0.05, 0.1) is 7.11 Å². The van der Waals surface area contributed by atoms with Crippen molar-refractivity contribution in [3.05, 3.63) is 0 Å². The highest BCUT2D eigenvalue weighted by atomic mass is 16.5. The minimum atomic E-state index is -0.300. The maximum atomic E-state index is 11.0. The SMILES string of the molecule is COC(=O)NC1CCC(C)CC1C. The lowest BCUT2D eigenvalue weighted by atomic mass is 9.80. The lowest BCUT2D eigenvalue weighted by Gasteiger charge is -2.32. The van der Waals surface area contributed by atoms with Crippen LogP contribution in [0.3, 0.4) is 0 Å². The summed E-state index contributed by atoms with van der Waals surface area (Å²) in [5.74, 6) is 1.37. The zero-order chi connectivity index (χ0) is 9.84. The molecular formula is C10H19NO2. The summed E-state index contributed by atoms with van der Waals surface area (Å²) >= 11 is 0. The number of alkyl carbamates (subject to hydrolysis) is 1. The Morgan fingerprint density at radius 2 is 2.08 bits per heavy atom. The average Bonchev–Trinajstić information content (AvgIpc) is 2.09. The molecule has 1 N–H and O–H groups in total. The van der Waals surface area contributed by atoms with E-state index >= 15 is 0 Å². The van der Waals surface area contributed by atoms with E-state index in [1.54, 1.807) is 0 Å². The molecule has 1 saturated carbocycles. The van der Waals surface area contributed by atoms with Gasteiger partial charge in [0.1, 0.15) is 0 Å². The first-order valence-corrected chi connectivity index (χ1v) is 4.98. The van der Waals surface area contributed by atoms with Gasteiger partial charge in [-0.05, 0) is 31.1 Å². The summed E-state index contributed by atoms with van der Waals surface area (Å²) in [5, 5.41) is 2.88. The Balaban J connectivity index is 2.38. The summed E-state index contributed by atoms with van der Waals surface area (Å²) in [6.07, 6.45) is 3.19. The van der Waals surface area contributed by atoms with Gasteiger partial charge in [-0.25, -0.2) is 4.79 Å². The fourth-order valence-electron chi connectivity index (χ4n) is 2.09. The van der Waals surface area contributed by atoms with Gasteiger partial charge in [0.25, 0.3) is 0 Å². The second kappa shape index (κ2) is 4.49. The molecule has 13 heavy (non-hydrogen) atoms. The number of ether oxygens (including phenoxy) is 1. The monoisotopic (exact) mass is 185 g/mol. The number of hydrogen-bond donors (Lipinski definition) is 1. The quantitative estimate of drug-likeness (QED) is 0.680. The van der Waals surface area contributed by atoms with Crippen molar-refractivity contribution in [1.29, 1.82) is 0 Å². The van der Waals surface area contributed by atoms with Crippen LogP contribution in [0.25, 0.3) is 0 Å². The van der Waals surface area contributed by atoms with E-state index in [0.717, 1.165) is 12.3 Å². The van der Waals surface area contributed by atoms with E-state index < -0.39 is 0 Å². The van der Waals surface area contributed by atoms with Gasteiger partial charge in [0.15, 0.2) is 0 Å². The zero-order valence-corrected chi connectivity index (χ0v) is 8.67. The van der Waals surface area contributed by atoms with Gasteiger partial charge in [0.2, 0.25) is 0 Å². The van der Waals surface area contributed by atoms with Gasteiger partial charge in [0, 0.05) is 6.04 Å². The van der Waals surface area contributed by atoms with Crippen LogP contribution in [0.15, 0.2) is 0 Å². The molecule has 1 aliphatic carbocycles. The Morgan fingerprint density at radius 1 is 1.38 bits per heavy atom. The number of rotatable bonds is 1. The number of nitrogens with one attached hydrogen (secondary N) is 1. The van der Waals surface area contributed by atoms with Crippen LogP contribution in [0, 0.1) is 11.8 Å². The molecule has 0 aliphatic heterocycles. The predicted molar refractivity (Wildman–Crippen MR) is 51.5 cm³/mol.